The fourth-order valence-corrected chi connectivity index (χ4v) is 4.57. The van der Waals surface area contributed by atoms with E-state index in [0.29, 0.717) is 15.8 Å². The Balaban J connectivity index is 1.60. The van der Waals surface area contributed by atoms with Crippen LogP contribution in [0.4, 0.5) is 22.0 Å². The van der Waals surface area contributed by atoms with E-state index in [2.05, 4.69) is 16.8 Å². The highest BCUT2D eigenvalue weighted by Crippen LogP contribution is 2.38. The number of hydrogen-bond donors (Lipinski definition) is 0. The van der Waals surface area contributed by atoms with Crippen molar-refractivity contribution in [3.63, 3.8) is 0 Å². The molecule has 0 radical (unpaired) electrons. The number of nitrogens with zero attached hydrogens (tertiary/aromatic N) is 5. The summed E-state index contributed by atoms with van der Waals surface area (Å²) in [6.07, 6.45) is -1.34. The van der Waals surface area contributed by atoms with Gasteiger partial charge >= 0.3 is 18.4 Å². The van der Waals surface area contributed by atoms with E-state index in [1.807, 2.05) is 0 Å². The quantitative estimate of drug-likeness (QED) is 0.243. The molecule has 0 aliphatic carbocycles. The third kappa shape index (κ3) is 4.36. The summed E-state index contributed by atoms with van der Waals surface area (Å²) in [7, 11) is 0. The average molecular weight is 535 g/mol. The first-order valence-electron chi connectivity index (χ1n) is 11.6. The summed E-state index contributed by atoms with van der Waals surface area (Å²) in [5.74, 6) is 0.0717. The zero-order valence-electron chi connectivity index (χ0n) is 20.1. The minimum atomic E-state index is -4.75. The number of fused-ring (bicyclic) bond motifs is 1. The van der Waals surface area contributed by atoms with Gasteiger partial charge in [0.25, 0.3) is 0 Å². The van der Waals surface area contributed by atoms with Gasteiger partial charge in [0.15, 0.2) is 0 Å². The average Bonchev–Trinajstić information content (AvgIpc) is 3.45. The van der Waals surface area contributed by atoms with Crippen molar-refractivity contribution in [1.29, 1.82) is 0 Å². The Morgan fingerprint density at radius 1 is 1.24 bits per heavy atom. The third-order valence-corrected chi connectivity index (χ3v) is 6.56. The van der Waals surface area contributed by atoms with Crippen LogP contribution in [0, 0.1) is 0 Å². The van der Waals surface area contributed by atoms with Gasteiger partial charge in [-0.05, 0) is 30.7 Å². The number of alkyl halides is 5. The molecule has 0 atom stereocenters. The number of benzene rings is 1. The fraction of sp³-hybridized carbons (Fsp3) is 0.320. The van der Waals surface area contributed by atoms with Crippen LogP contribution in [0.25, 0.3) is 17.0 Å². The molecular formula is C25H22F5N5O3. The number of imidazole rings is 1. The second kappa shape index (κ2) is 9.39. The Hall–Kier alpha value is -4.00. The number of aromatic nitrogens is 5. The SMILES string of the molecule is C=C(OCC)c1cc(C(F)(F)F)c2cn(-c3cccc(C4(Cc5nncn5C(F)F)COC4)c3)c(=O)n2c1. The van der Waals surface area contributed by atoms with Gasteiger partial charge in [-0.1, -0.05) is 18.7 Å². The fourth-order valence-electron chi connectivity index (χ4n) is 4.57. The molecule has 4 heterocycles. The van der Waals surface area contributed by atoms with Gasteiger partial charge in [0, 0.05) is 29.8 Å². The lowest BCUT2D eigenvalue weighted by atomic mass is 9.75. The first-order chi connectivity index (χ1) is 18.0. The highest BCUT2D eigenvalue weighted by molar-refractivity contribution is 5.65. The molecule has 4 aromatic rings. The van der Waals surface area contributed by atoms with Crippen LogP contribution in [-0.4, -0.2) is 43.6 Å². The normalized spacial score (nSPS) is 15.1. The standard InChI is InChI=1S/C25H22F5N5O3/c1-3-38-15(2)16-7-19(25(28,29)30)20-11-33(23(36)34(20)10-16)18-6-4-5-17(8-18)24(12-37-13-24)9-21-32-31-14-35(21)22(26)27/h4-8,10-11,14,22H,2-3,9,12-13H2,1H3. The molecule has 0 spiro atoms. The van der Waals surface area contributed by atoms with Gasteiger partial charge in [-0.25, -0.2) is 4.79 Å². The van der Waals surface area contributed by atoms with Crippen LogP contribution in [0.15, 0.2) is 60.4 Å². The highest BCUT2D eigenvalue weighted by atomic mass is 19.4. The zero-order chi connectivity index (χ0) is 27.2. The minimum Gasteiger partial charge on any atom is -0.494 e. The van der Waals surface area contributed by atoms with Crippen molar-refractivity contribution in [2.45, 2.75) is 31.5 Å². The molecule has 38 heavy (non-hydrogen) atoms. The van der Waals surface area contributed by atoms with Crippen molar-refractivity contribution in [3.8, 4) is 5.69 Å². The van der Waals surface area contributed by atoms with E-state index < -0.39 is 29.4 Å². The van der Waals surface area contributed by atoms with E-state index in [-0.39, 0.29) is 48.9 Å². The second-order valence-electron chi connectivity index (χ2n) is 8.97. The van der Waals surface area contributed by atoms with Crippen molar-refractivity contribution < 1.29 is 31.4 Å². The predicted octanol–water partition coefficient (Wildman–Crippen LogP) is 4.61. The van der Waals surface area contributed by atoms with Crippen molar-refractivity contribution >= 4 is 11.3 Å². The largest absolute Gasteiger partial charge is 0.494 e. The molecule has 3 aromatic heterocycles. The molecule has 5 rings (SSSR count). The molecule has 0 bridgehead atoms. The lowest BCUT2D eigenvalue weighted by molar-refractivity contribution is -0.136. The van der Waals surface area contributed by atoms with Crippen LogP contribution < -0.4 is 5.69 Å². The molecular weight excluding hydrogens is 513 g/mol. The minimum absolute atomic E-state index is 0.00474. The third-order valence-electron chi connectivity index (χ3n) is 6.56. The Kier molecular flexibility index (Phi) is 6.33. The van der Waals surface area contributed by atoms with Crippen LogP contribution >= 0.6 is 0 Å². The Labute approximate surface area is 212 Å². The van der Waals surface area contributed by atoms with Gasteiger partial charge in [-0.3, -0.25) is 13.5 Å². The van der Waals surface area contributed by atoms with E-state index in [1.165, 1.54) is 6.20 Å². The van der Waals surface area contributed by atoms with E-state index in [1.54, 1.807) is 31.2 Å². The van der Waals surface area contributed by atoms with E-state index >= 15 is 0 Å². The summed E-state index contributed by atoms with van der Waals surface area (Å²) in [5, 5.41) is 7.39. The van der Waals surface area contributed by atoms with Crippen LogP contribution in [0.3, 0.4) is 0 Å². The molecule has 13 heteroatoms. The smallest absolute Gasteiger partial charge is 0.418 e. The molecule has 1 saturated heterocycles. The van der Waals surface area contributed by atoms with Crippen LogP contribution in [0.2, 0.25) is 0 Å². The van der Waals surface area contributed by atoms with Gasteiger partial charge in [-0.2, -0.15) is 22.0 Å². The second-order valence-corrected chi connectivity index (χ2v) is 8.97. The van der Waals surface area contributed by atoms with Crippen LogP contribution in [0.5, 0.6) is 0 Å². The van der Waals surface area contributed by atoms with Gasteiger partial charge in [0.1, 0.15) is 17.9 Å². The number of rotatable bonds is 8. The van der Waals surface area contributed by atoms with Gasteiger partial charge in [0.05, 0.1) is 36.6 Å². The van der Waals surface area contributed by atoms with Crippen molar-refractivity contribution in [2.75, 3.05) is 19.8 Å². The topological polar surface area (TPSA) is 75.6 Å². The number of hydrogen-bond acceptors (Lipinski definition) is 5. The molecule has 1 fully saturated rings. The lowest BCUT2D eigenvalue weighted by Crippen LogP contribution is -2.49. The maximum atomic E-state index is 14.0. The molecule has 1 aliphatic heterocycles. The summed E-state index contributed by atoms with van der Waals surface area (Å²) in [6, 6.07) is 7.51. The van der Waals surface area contributed by atoms with Crippen molar-refractivity contribution in [2.24, 2.45) is 0 Å². The molecule has 0 N–H and O–H groups in total. The monoisotopic (exact) mass is 535 g/mol. The van der Waals surface area contributed by atoms with Crippen LogP contribution in [0.1, 0.15) is 36.0 Å². The first kappa shape index (κ1) is 25.6. The molecule has 1 aromatic carbocycles. The Bertz CT molecular complexity index is 1570. The van der Waals surface area contributed by atoms with Gasteiger partial charge in [0.2, 0.25) is 0 Å². The van der Waals surface area contributed by atoms with Gasteiger partial charge < -0.3 is 9.47 Å². The number of pyridine rings is 1. The summed E-state index contributed by atoms with van der Waals surface area (Å²) >= 11 is 0. The maximum Gasteiger partial charge on any atom is 0.418 e. The highest BCUT2D eigenvalue weighted by Gasteiger charge is 2.42. The molecule has 0 amide bonds. The molecule has 8 nitrogen and oxygen atoms in total. The molecule has 200 valence electrons. The maximum absolute atomic E-state index is 14.0. The van der Waals surface area contributed by atoms with Crippen molar-refractivity contribution in [3.05, 3.63) is 88.6 Å². The molecule has 0 unspecified atom stereocenters. The van der Waals surface area contributed by atoms with E-state index in [0.717, 1.165) is 27.6 Å². The van der Waals surface area contributed by atoms with E-state index in [4.69, 9.17) is 9.47 Å². The summed E-state index contributed by atoms with van der Waals surface area (Å²) < 4.78 is 81.9. The lowest BCUT2D eigenvalue weighted by Gasteiger charge is -2.42. The predicted molar refractivity (Wildman–Crippen MR) is 126 cm³/mol. The summed E-state index contributed by atoms with van der Waals surface area (Å²) in [5.41, 5.74) is -1.83. The van der Waals surface area contributed by atoms with E-state index in [9.17, 15) is 26.7 Å². The zero-order valence-corrected chi connectivity index (χ0v) is 20.1. The summed E-state index contributed by atoms with van der Waals surface area (Å²) in [6.45, 7) is 3.12. The van der Waals surface area contributed by atoms with Crippen molar-refractivity contribution in [1.82, 2.24) is 23.7 Å². The molecule has 1 aliphatic rings. The molecule has 0 saturated carbocycles. The number of ether oxygens (including phenoxy) is 2. The van der Waals surface area contributed by atoms with Gasteiger partial charge in [-0.15, -0.1) is 10.2 Å². The van der Waals surface area contributed by atoms with Crippen LogP contribution in [-0.2, 0) is 27.5 Å². The Morgan fingerprint density at radius 3 is 2.63 bits per heavy atom. The Morgan fingerprint density at radius 2 is 2.00 bits per heavy atom. The first-order valence-corrected chi connectivity index (χ1v) is 11.6. The summed E-state index contributed by atoms with van der Waals surface area (Å²) in [4.78, 5) is 13.3. The number of halogens is 5.